The smallest absolute Gasteiger partial charge is 0.305 e. The Labute approximate surface area is 187 Å². The lowest BCUT2D eigenvalue weighted by Gasteiger charge is -2.44. The first kappa shape index (κ1) is 25.1. The summed E-state index contributed by atoms with van der Waals surface area (Å²) in [5, 5.41) is 21.4. The molecule has 32 heavy (non-hydrogen) atoms. The minimum atomic E-state index is -0.250. The van der Waals surface area contributed by atoms with Crippen LogP contribution in [0.5, 0.6) is 0 Å². The molecule has 4 N–H and O–H groups in total. The molecule has 2 aromatic rings. The Hall–Kier alpha value is -3.14. The minimum absolute atomic E-state index is 0. The first-order valence-corrected chi connectivity index (χ1v) is 10.5. The van der Waals surface area contributed by atoms with E-state index in [0.29, 0.717) is 31.0 Å². The van der Waals surface area contributed by atoms with Gasteiger partial charge in [0.2, 0.25) is 0 Å². The molecule has 10 nitrogen and oxygen atoms in total. The summed E-state index contributed by atoms with van der Waals surface area (Å²) in [5.41, 5.74) is 2.17. The van der Waals surface area contributed by atoms with Gasteiger partial charge in [0.25, 0.3) is 12.4 Å². The van der Waals surface area contributed by atoms with Crippen LogP contribution in [0.2, 0.25) is 0 Å². The molecule has 3 aliphatic rings. The van der Waals surface area contributed by atoms with E-state index in [0.717, 1.165) is 49.1 Å². The van der Waals surface area contributed by atoms with Crippen LogP contribution in [-0.2, 0) is 14.3 Å². The van der Waals surface area contributed by atoms with Crippen molar-refractivity contribution in [1.82, 2.24) is 20.4 Å². The van der Waals surface area contributed by atoms with Gasteiger partial charge in [0.1, 0.15) is 0 Å². The minimum Gasteiger partial charge on any atom is -0.483 e. The van der Waals surface area contributed by atoms with E-state index in [4.69, 9.17) is 9.90 Å². The lowest BCUT2D eigenvalue weighted by molar-refractivity contribution is -0.140. The maximum atomic E-state index is 12.9. The average molecular weight is 448 g/mol. The number of carbonyl (C=O) groups is 3. The molecule has 3 fully saturated rings. The molecule has 2 bridgehead atoms. The predicted molar refractivity (Wildman–Crippen MR) is 122 cm³/mol. The van der Waals surface area contributed by atoms with Gasteiger partial charge in [-0.25, -0.2) is 0 Å². The number of fused-ring (bicyclic) bond motifs is 4. The molecule has 1 aromatic carbocycles. The number of amides is 1. The van der Waals surface area contributed by atoms with Crippen LogP contribution in [0.1, 0.15) is 43.6 Å². The largest absolute Gasteiger partial charge is 0.483 e. The topological polar surface area (TPSA) is 137 Å². The molecule has 0 spiro atoms. The van der Waals surface area contributed by atoms with Crippen LogP contribution in [0.4, 0.5) is 5.69 Å². The standard InChI is InChI=1S/C20H27N5O3.CH2O2.CH4/c1-28-18(26)3-2-8-21-14-4-5-16-15(11-14)19(24-23-16)20(27)22-17-12-25-9-6-13(17)7-10-25;2-1-3;/h4-5,11,13,17,21H,2-3,6-10,12H2,1H3,(H,22,27)(H,23,24);1H,(H,2,3);1H4/t17-;;/m1../s1. The Morgan fingerprint density at radius 1 is 1.34 bits per heavy atom. The number of nitrogens with one attached hydrogen (secondary N) is 3. The molecule has 5 rings (SSSR count). The maximum Gasteiger partial charge on any atom is 0.305 e. The van der Waals surface area contributed by atoms with Crippen molar-refractivity contribution in [2.75, 3.05) is 38.6 Å². The number of methoxy groups -OCH3 is 1. The highest BCUT2D eigenvalue weighted by Crippen LogP contribution is 2.28. The van der Waals surface area contributed by atoms with Crippen LogP contribution < -0.4 is 10.6 Å². The molecule has 1 aromatic heterocycles. The summed E-state index contributed by atoms with van der Waals surface area (Å²) >= 11 is 0. The highest BCUT2D eigenvalue weighted by molar-refractivity contribution is 6.05. The molecule has 3 saturated heterocycles. The fourth-order valence-corrected chi connectivity index (χ4v) is 4.23. The number of ether oxygens (including phenoxy) is 1. The summed E-state index contributed by atoms with van der Waals surface area (Å²) in [4.78, 5) is 34.8. The van der Waals surface area contributed by atoms with E-state index in [2.05, 4.69) is 30.5 Å². The molecule has 0 aliphatic carbocycles. The molecule has 3 aliphatic heterocycles. The van der Waals surface area contributed by atoms with Crippen LogP contribution >= 0.6 is 0 Å². The molecule has 1 atom stereocenters. The summed E-state index contributed by atoms with van der Waals surface area (Å²) in [5.74, 6) is 0.248. The third kappa shape index (κ3) is 6.19. The van der Waals surface area contributed by atoms with Gasteiger partial charge in [-0.3, -0.25) is 19.5 Å². The Kier molecular flexibility index (Phi) is 9.45. The summed E-state index contributed by atoms with van der Waals surface area (Å²) in [6.45, 7) is 3.63. The highest BCUT2D eigenvalue weighted by atomic mass is 16.5. The van der Waals surface area contributed by atoms with Crippen LogP contribution in [-0.4, -0.2) is 77.9 Å². The van der Waals surface area contributed by atoms with Crippen molar-refractivity contribution in [3.8, 4) is 0 Å². The number of hydrogen-bond acceptors (Lipinski definition) is 7. The molecular weight excluding hydrogens is 414 g/mol. The second-order valence-corrected chi connectivity index (χ2v) is 7.76. The quantitative estimate of drug-likeness (QED) is 0.288. The first-order valence-electron chi connectivity index (χ1n) is 10.5. The van der Waals surface area contributed by atoms with Crippen LogP contribution in [0.25, 0.3) is 10.9 Å². The third-order valence-electron chi connectivity index (χ3n) is 5.87. The molecule has 176 valence electrons. The van der Waals surface area contributed by atoms with Gasteiger partial charge in [-0.15, -0.1) is 0 Å². The van der Waals surface area contributed by atoms with Crippen molar-refractivity contribution in [1.29, 1.82) is 0 Å². The van der Waals surface area contributed by atoms with E-state index in [1.54, 1.807) is 0 Å². The van der Waals surface area contributed by atoms with Crippen LogP contribution in [0.3, 0.4) is 0 Å². The molecule has 0 saturated carbocycles. The van der Waals surface area contributed by atoms with Gasteiger partial charge in [-0.05, 0) is 56.5 Å². The summed E-state index contributed by atoms with van der Waals surface area (Å²) in [7, 11) is 1.39. The molecular formula is C22H33N5O5. The summed E-state index contributed by atoms with van der Waals surface area (Å²) in [6.07, 6.45) is 3.38. The Bertz CT molecular complexity index is 907. The fourth-order valence-electron chi connectivity index (χ4n) is 4.23. The van der Waals surface area contributed by atoms with Gasteiger partial charge in [0, 0.05) is 36.6 Å². The number of aromatic nitrogens is 2. The van der Waals surface area contributed by atoms with Crippen LogP contribution in [0.15, 0.2) is 18.2 Å². The number of esters is 1. The molecule has 4 heterocycles. The lowest BCUT2D eigenvalue weighted by atomic mass is 9.84. The number of aromatic amines is 1. The number of piperidine rings is 3. The molecule has 0 radical (unpaired) electrons. The zero-order valence-corrected chi connectivity index (χ0v) is 17.6. The van der Waals surface area contributed by atoms with Crippen molar-refractivity contribution < 1.29 is 24.2 Å². The second-order valence-electron chi connectivity index (χ2n) is 7.76. The summed E-state index contributed by atoms with van der Waals surface area (Å²) in [6, 6.07) is 5.99. The molecule has 10 heteroatoms. The monoisotopic (exact) mass is 447 g/mol. The number of H-pyrrole nitrogens is 1. The Morgan fingerprint density at radius 3 is 2.69 bits per heavy atom. The van der Waals surface area contributed by atoms with Crippen molar-refractivity contribution in [2.24, 2.45) is 5.92 Å². The number of carboxylic acid groups (broad SMARTS) is 1. The van der Waals surface area contributed by atoms with E-state index >= 15 is 0 Å². The zero-order valence-electron chi connectivity index (χ0n) is 17.6. The lowest BCUT2D eigenvalue weighted by Crippen LogP contribution is -2.57. The number of benzene rings is 1. The Morgan fingerprint density at radius 2 is 2.06 bits per heavy atom. The van der Waals surface area contributed by atoms with Gasteiger partial charge < -0.3 is 25.4 Å². The third-order valence-corrected chi connectivity index (χ3v) is 5.87. The van der Waals surface area contributed by atoms with Gasteiger partial charge >= 0.3 is 5.97 Å². The Balaban J connectivity index is 0.000000860. The maximum absolute atomic E-state index is 12.9. The molecule has 1 amide bonds. The van der Waals surface area contributed by atoms with Crippen molar-refractivity contribution in [2.45, 2.75) is 39.2 Å². The van der Waals surface area contributed by atoms with Gasteiger partial charge in [0.15, 0.2) is 5.69 Å². The number of nitrogens with zero attached hydrogens (tertiary/aromatic N) is 2. The van der Waals surface area contributed by atoms with Crippen molar-refractivity contribution in [3.63, 3.8) is 0 Å². The van der Waals surface area contributed by atoms with E-state index in [9.17, 15) is 9.59 Å². The SMILES string of the molecule is C.COC(=O)CCCNc1ccc2[nH]nc(C(=O)N[C@@H]3CN4CCC3CC4)c2c1.O=CO. The fraction of sp³-hybridized carbons (Fsp3) is 0.545. The van der Waals surface area contributed by atoms with E-state index in [1.165, 1.54) is 7.11 Å². The molecule has 0 unspecified atom stereocenters. The van der Waals surface area contributed by atoms with E-state index in [-0.39, 0.29) is 31.8 Å². The van der Waals surface area contributed by atoms with Crippen molar-refractivity contribution in [3.05, 3.63) is 23.9 Å². The average Bonchev–Trinajstić information content (AvgIpc) is 3.21. The summed E-state index contributed by atoms with van der Waals surface area (Å²) < 4.78 is 4.65. The van der Waals surface area contributed by atoms with Crippen molar-refractivity contribution >= 4 is 34.9 Å². The highest BCUT2D eigenvalue weighted by Gasteiger charge is 2.35. The zero-order chi connectivity index (χ0) is 22.2. The van der Waals surface area contributed by atoms with Crippen LogP contribution in [0, 0.1) is 5.92 Å². The first-order chi connectivity index (χ1) is 15.0. The van der Waals surface area contributed by atoms with E-state index in [1.807, 2.05) is 18.2 Å². The van der Waals surface area contributed by atoms with Gasteiger partial charge in [0.05, 0.1) is 12.6 Å². The van der Waals surface area contributed by atoms with Gasteiger partial charge in [-0.1, -0.05) is 7.43 Å². The number of anilines is 1. The predicted octanol–water partition coefficient (Wildman–Crippen LogP) is 2.09. The number of hydrogen-bond donors (Lipinski definition) is 4. The van der Waals surface area contributed by atoms with E-state index < -0.39 is 0 Å². The number of carbonyl (C=O) groups excluding carboxylic acids is 2. The van der Waals surface area contributed by atoms with Gasteiger partial charge in [-0.2, -0.15) is 5.10 Å². The normalized spacial score (nSPS) is 21.0. The number of rotatable bonds is 7. The second kappa shape index (κ2) is 12.0.